The first-order valence-electron chi connectivity index (χ1n) is 8.00. The lowest BCUT2D eigenvalue weighted by Gasteiger charge is -2.10. The maximum atomic E-state index is 5.40. The van der Waals surface area contributed by atoms with Crippen molar-refractivity contribution in [2.45, 2.75) is 13.8 Å². The van der Waals surface area contributed by atoms with Crippen LogP contribution in [-0.4, -0.2) is 25.4 Å². The Morgan fingerprint density at radius 2 is 1.88 bits per heavy atom. The van der Waals surface area contributed by atoms with Crippen molar-refractivity contribution in [3.63, 3.8) is 0 Å². The number of aryl methyl sites for hydroxylation is 2. The van der Waals surface area contributed by atoms with Gasteiger partial charge in [-0.2, -0.15) is 5.10 Å². The molecular formula is C20H21N3O2. The van der Waals surface area contributed by atoms with Gasteiger partial charge in [0.15, 0.2) is 11.5 Å². The molecule has 0 aliphatic rings. The molecule has 0 bridgehead atoms. The Hall–Kier alpha value is -3.08. The number of nitrogens with one attached hydrogen (secondary N) is 1. The number of methoxy groups -OCH3 is 2. The summed E-state index contributed by atoms with van der Waals surface area (Å²) < 4.78 is 10.7. The Balaban J connectivity index is 1.86. The molecule has 1 heterocycles. The van der Waals surface area contributed by atoms with Crippen LogP contribution in [0.1, 0.15) is 16.7 Å². The van der Waals surface area contributed by atoms with Gasteiger partial charge in [-0.25, -0.2) is 4.98 Å². The van der Waals surface area contributed by atoms with Crippen molar-refractivity contribution < 1.29 is 9.47 Å². The third-order valence-corrected chi connectivity index (χ3v) is 3.99. The molecule has 25 heavy (non-hydrogen) atoms. The fraction of sp³-hybridized carbons (Fsp3) is 0.200. The van der Waals surface area contributed by atoms with Crippen molar-refractivity contribution in [1.29, 1.82) is 0 Å². The predicted molar refractivity (Wildman–Crippen MR) is 102 cm³/mol. The summed E-state index contributed by atoms with van der Waals surface area (Å²) in [5, 5.41) is 5.44. The fourth-order valence-electron chi connectivity index (χ4n) is 2.75. The van der Waals surface area contributed by atoms with Gasteiger partial charge in [0.1, 0.15) is 5.82 Å². The Morgan fingerprint density at radius 3 is 2.64 bits per heavy atom. The molecule has 2 aromatic carbocycles. The van der Waals surface area contributed by atoms with E-state index in [9.17, 15) is 0 Å². The van der Waals surface area contributed by atoms with Gasteiger partial charge in [-0.15, -0.1) is 0 Å². The maximum Gasteiger partial charge on any atom is 0.169 e. The van der Waals surface area contributed by atoms with Crippen molar-refractivity contribution >= 4 is 22.9 Å². The minimum Gasteiger partial charge on any atom is -0.493 e. The lowest BCUT2D eigenvalue weighted by atomic mass is 10.1. The van der Waals surface area contributed by atoms with Crippen LogP contribution in [0.2, 0.25) is 0 Å². The molecular weight excluding hydrogens is 314 g/mol. The molecule has 0 amide bonds. The van der Waals surface area contributed by atoms with Crippen LogP contribution in [0.25, 0.3) is 10.9 Å². The molecule has 0 spiro atoms. The summed E-state index contributed by atoms with van der Waals surface area (Å²) >= 11 is 0. The molecule has 0 aliphatic carbocycles. The number of nitrogens with zero attached hydrogens (tertiary/aromatic N) is 2. The highest BCUT2D eigenvalue weighted by Crippen LogP contribution is 2.29. The van der Waals surface area contributed by atoms with E-state index in [2.05, 4.69) is 41.5 Å². The van der Waals surface area contributed by atoms with Crippen LogP contribution >= 0.6 is 0 Å². The average molecular weight is 335 g/mol. The van der Waals surface area contributed by atoms with E-state index in [1.165, 1.54) is 5.56 Å². The van der Waals surface area contributed by atoms with E-state index in [1.807, 2.05) is 30.3 Å². The Kier molecular flexibility index (Phi) is 4.84. The summed E-state index contributed by atoms with van der Waals surface area (Å²) in [6.45, 7) is 4.15. The second-order valence-corrected chi connectivity index (χ2v) is 5.80. The third-order valence-electron chi connectivity index (χ3n) is 3.99. The van der Waals surface area contributed by atoms with Gasteiger partial charge >= 0.3 is 0 Å². The van der Waals surface area contributed by atoms with Gasteiger partial charge in [0, 0.05) is 10.9 Å². The Labute approximate surface area is 147 Å². The molecule has 5 nitrogen and oxygen atoms in total. The Bertz CT molecular complexity index is 936. The largest absolute Gasteiger partial charge is 0.493 e. The molecule has 3 aromatic rings. The number of aromatic nitrogens is 1. The maximum absolute atomic E-state index is 5.40. The second kappa shape index (κ2) is 7.21. The van der Waals surface area contributed by atoms with Gasteiger partial charge in [-0.1, -0.05) is 17.7 Å². The number of anilines is 1. The molecule has 0 radical (unpaired) electrons. The summed E-state index contributed by atoms with van der Waals surface area (Å²) in [6, 6.07) is 13.9. The van der Waals surface area contributed by atoms with Crippen molar-refractivity contribution in [3.8, 4) is 11.5 Å². The van der Waals surface area contributed by atoms with E-state index >= 15 is 0 Å². The minimum absolute atomic E-state index is 0.647. The number of ether oxygens (including phenoxy) is 2. The van der Waals surface area contributed by atoms with Crippen molar-refractivity contribution in [3.05, 3.63) is 59.2 Å². The first kappa shape index (κ1) is 16.8. The average Bonchev–Trinajstić information content (AvgIpc) is 2.62. The molecule has 0 saturated carbocycles. The number of hydrazone groups is 1. The zero-order valence-corrected chi connectivity index (χ0v) is 14.8. The normalized spacial score (nSPS) is 11.0. The molecule has 0 fully saturated rings. The van der Waals surface area contributed by atoms with Crippen LogP contribution in [0.5, 0.6) is 11.5 Å². The number of rotatable bonds is 5. The zero-order valence-electron chi connectivity index (χ0n) is 14.8. The van der Waals surface area contributed by atoms with Crippen LogP contribution < -0.4 is 14.9 Å². The van der Waals surface area contributed by atoms with Gasteiger partial charge in [0.05, 0.1) is 26.0 Å². The highest BCUT2D eigenvalue weighted by Gasteiger charge is 2.07. The van der Waals surface area contributed by atoms with E-state index in [-0.39, 0.29) is 0 Å². The molecule has 0 atom stereocenters. The molecule has 5 heteroatoms. The first-order valence-corrected chi connectivity index (χ1v) is 8.00. The van der Waals surface area contributed by atoms with E-state index in [1.54, 1.807) is 20.4 Å². The fourth-order valence-corrected chi connectivity index (χ4v) is 2.75. The highest BCUT2D eigenvalue weighted by molar-refractivity contribution is 5.86. The molecule has 1 aromatic heterocycles. The number of pyridine rings is 1. The lowest BCUT2D eigenvalue weighted by Crippen LogP contribution is -1.98. The van der Waals surface area contributed by atoms with Crippen LogP contribution in [0, 0.1) is 13.8 Å². The number of hydrogen-bond acceptors (Lipinski definition) is 5. The van der Waals surface area contributed by atoms with Gasteiger partial charge in [0.2, 0.25) is 0 Å². The van der Waals surface area contributed by atoms with Crippen LogP contribution in [-0.2, 0) is 0 Å². The minimum atomic E-state index is 0.647. The summed E-state index contributed by atoms with van der Waals surface area (Å²) in [7, 11) is 3.22. The van der Waals surface area contributed by atoms with Gasteiger partial charge in [0.25, 0.3) is 0 Å². The molecule has 0 aliphatic heterocycles. The SMILES string of the molecule is COc1cccc(/C=N/Nc2cc(C)c3cc(C)ccc3n2)c1OC. The van der Waals surface area contributed by atoms with Crippen LogP contribution in [0.3, 0.4) is 0 Å². The van der Waals surface area contributed by atoms with Crippen molar-refractivity contribution in [2.75, 3.05) is 19.6 Å². The zero-order chi connectivity index (χ0) is 17.8. The van der Waals surface area contributed by atoms with Gasteiger partial charge < -0.3 is 9.47 Å². The summed E-state index contributed by atoms with van der Waals surface area (Å²) in [6.07, 6.45) is 1.69. The Morgan fingerprint density at radius 1 is 1.04 bits per heavy atom. The van der Waals surface area contributed by atoms with Crippen LogP contribution in [0.15, 0.2) is 47.6 Å². The van der Waals surface area contributed by atoms with E-state index in [0.717, 1.165) is 22.0 Å². The van der Waals surface area contributed by atoms with Gasteiger partial charge in [-0.05, 0) is 49.7 Å². The van der Waals surface area contributed by atoms with Crippen molar-refractivity contribution in [2.24, 2.45) is 5.10 Å². The van der Waals surface area contributed by atoms with Crippen LogP contribution in [0.4, 0.5) is 5.82 Å². The molecule has 0 saturated heterocycles. The van der Waals surface area contributed by atoms with E-state index in [0.29, 0.717) is 17.3 Å². The molecule has 1 N–H and O–H groups in total. The van der Waals surface area contributed by atoms with Crippen molar-refractivity contribution in [1.82, 2.24) is 4.98 Å². The van der Waals surface area contributed by atoms with E-state index in [4.69, 9.17) is 9.47 Å². The number of hydrogen-bond donors (Lipinski definition) is 1. The predicted octanol–water partition coefficient (Wildman–Crippen LogP) is 4.31. The molecule has 0 unspecified atom stereocenters. The second-order valence-electron chi connectivity index (χ2n) is 5.80. The monoisotopic (exact) mass is 335 g/mol. The quantitative estimate of drug-likeness (QED) is 0.557. The highest BCUT2D eigenvalue weighted by atomic mass is 16.5. The third kappa shape index (κ3) is 3.55. The summed E-state index contributed by atoms with van der Waals surface area (Å²) in [4.78, 5) is 4.60. The molecule has 128 valence electrons. The molecule has 3 rings (SSSR count). The lowest BCUT2D eigenvalue weighted by molar-refractivity contribution is 0.354. The summed E-state index contributed by atoms with van der Waals surface area (Å²) in [5.74, 6) is 2.02. The summed E-state index contributed by atoms with van der Waals surface area (Å²) in [5.41, 5.74) is 7.14. The van der Waals surface area contributed by atoms with E-state index < -0.39 is 0 Å². The topological polar surface area (TPSA) is 55.7 Å². The number of para-hydroxylation sites is 1. The smallest absolute Gasteiger partial charge is 0.169 e. The number of benzene rings is 2. The van der Waals surface area contributed by atoms with Gasteiger partial charge in [-0.3, -0.25) is 5.43 Å². The number of fused-ring (bicyclic) bond motifs is 1. The first-order chi connectivity index (χ1) is 12.1. The standard InChI is InChI=1S/C20H21N3O2/c1-13-8-9-17-16(10-13)14(2)11-19(22-17)23-21-12-15-6-5-7-18(24-3)20(15)25-4/h5-12H,1-4H3,(H,22,23)/b21-12+.